The van der Waals surface area contributed by atoms with Crippen LogP contribution in [0.4, 0.5) is 4.79 Å². The van der Waals surface area contributed by atoms with Gasteiger partial charge in [0.2, 0.25) is 5.91 Å². The van der Waals surface area contributed by atoms with Crippen LogP contribution < -0.4 is 0 Å². The van der Waals surface area contributed by atoms with Crippen molar-refractivity contribution in [3.8, 4) is 0 Å². The fraction of sp³-hybridized carbons (Fsp3) is 0.842. The number of nitrogens with zero attached hydrogens (tertiary/aromatic N) is 1. The van der Waals surface area contributed by atoms with E-state index in [4.69, 9.17) is 30.5 Å². The molecule has 0 aromatic rings. The monoisotopic (exact) mass is 415 g/mol. The van der Waals surface area contributed by atoms with Crippen LogP contribution in [0.25, 0.3) is 0 Å². The van der Waals surface area contributed by atoms with Crippen molar-refractivity contribution in [3.63, 3.8) is 0 Å². The third-order valence-electron chi connectivity index (χ3n) is 7.45. The van der Waals surface area contributed by atoms with Gasteiger partial charge in [0.15, 0.2) is 17.2 Å². The molecule has 2 aliphatic heterocycles. The summed E-state index contributed by atoms with van der Waals surface area (Å²) in [6.45, 7) is 5.69. The van der Waals surface area contributed by atoms with E-state index in [0.29, 0.717) is 12.3 Å². The van der Waals surface area contributed by atoms with E-state index >= 15 is 0 Å². The standard InChI is InChI=1S/C19H26ClNO7/c1-17(2)10-5-6-19(17)11(9-10)26-7-8-27-15(23)18(3,20)12-13(25-4)21(14(19)22)16(24)28-12/h10-13H,5-9H2,1-4H3/t10-,11-,12+,13-,18?,19+/m0/s1. The number of hydrogen-bond donors (Lipinski definition) is 0. The molecule has 28 heavy (non-hydrogen) atoms. The quantitative estimate of drug-likeness (QED) is 0.478. The Hall–Kier alpha value is -1.38. The minimum atomic E-state index is -1.70. The highest BCUT2D eigenvalue weighted by Gasteiger charge is 2.72. The Morgan fingerprint density at radius 2 is 1.89 bits per heavy atom. The highest BCUT2D eigenvalue weighted by molar-refractivity contribution is 6.34. The van der Waals surface area contributed by atoms with Gasteiger partial charge in [-0.1, -0.05) is 13.8 Å². The van der Waals surface area contributed by atoms with Crippen molar-refractivity contribution < 1.29 is 33.3 Å². The fourth-order valence-electron chi connectivity index (χ4n) is 5.69. The van der Waals surface area contributed by atoms with E-state index < -0.39 is 34.7 Å². The van der Waals surface area contributed by atoms with Crippen LogP contribution >= 0.6 is 11.6 Å². The second-order valence-corrected chi connectivity index (χ2v) is 9.63. The summed E-state index contributed by atoms with van der Waals surface area (Å²) in [5.41, 5.74) is -1.22. The lowest BCUT2D eigenvalue weighted by Crippen LogP contribution is -2.59. The molecule has 2 saturated heterocycles. The van der Waals surface area contributed by atoms with E-state index in [1.807, 2.05) is 0 Å². The summed E-state index contributed by atoms with van der Waals surface area (Å²) in [7, 11) is 1.35. The molecule has 0 radical (unpaired) electrons. The van der Waals surface area contributed by atoms with Crippen molar-refractivity contribution in [2.45, 2.75) is 63.3 Å². The van der Waals surface area contributed by atoms with Crippen LogP contribution in [0.15, 0.2) is 0 Å². The van der Waals surface area contributed by atoms with E-state index in [-0.39, 0.29) is 30.6 Å². The number of rotatable bonds is 1. The van der Waals surface area contributed by atoms with E-state index in [9.17, 15) is 14.4 Å². The maximum atomic E-state index is 13.9. The van der Waals surface area contributed by atoms with Crippen molar-refractivity contribution in [1.29, 1.82) is 0 Å². The maximum Gasteiger partial charge on any atom is 0.419 e. The summed E-state index contributed by atoms with van der Waals surface area (Å²) >= 11 is 6.43. The third-order valence-corrected chi connectivity index (χ3v) is 7.82. The minimum absolute atomic E-state index is 0.00897. The molecule has 0 N–H and O–H groups in total. The van der Waals surface area contributed by atoms with Crippen LogP contribution in [-0.2, 0) is 28.5 Å². The van der Waals surface area contributed by atoms with Crippen molar-refractivity contribution in [3.05, 3.63) is 0 Å². The van der Waals surface area contributed by atoms with Crippen LogP contribution in [0.2, 0.25) is 0 Å². The Morgan fingerprint density at radius 3 is 2.54 bits per heavy atom. The highest BCUT2D eigenvalue weighted by Crippen LogP contribution is 2.67. The Balaban J connectivity index is 1.82. The van der Waals surface area contributed by atoms with Crippen LogP contribution in [-0.4, -0.2) is 66.5 Å². The molecule has 2 amide bonds. The summed E-state index contributed by atoms with van der Waals surface area (Å²) in [4.78, 5) is 38.4. The summed E-state index contributed by atoms with van der Waals surface area (Å²) in [5, 5.41) is 0. The summed E-state index contributed by atoms with van der Waals surface area (Å²) in [6, 6.07) is 0. The number of fused-ring (bicyclic) bond motifs is 3. The maximum absolute atomic E-state index is 13.9. The molecule has 8 nitrogen and oxygen atoms in total. The van der Waals surface area contributed by atoms with Gasteiger partial charge in [0.1, 0.15) is 6.61 Å². The average molecular weight is 416 g/mol. The number of alkyl halides is 1. The molecule has 0 aromatic heterocycles. The smallest absolute Gasteiger partial charge is 0.419 e. The van der Waals surface area contributed by atoms with Crippen molar-refractivity contribution in [1.82, 2.24) is 4.90 Å². The lowest BCUT2D eigenvalue weighted by atomic mass is 9.67. The Bertz CT molecular complexity index is 723. The zero-order valence-electron chi connectivity index (χ0n) is 16.5. The molecule has 6 atom stereocenters. The van der Waals surface area contributed by atoms with Gasteiger partial charge in [-0.05, 0) is 37.5 Å². The van der Waals surface area contributed by atoms with Gasteiger partial charge in [0, 0.05) is 7.11 Å². The molecule has 1 unspecified atom stereocenters. The number of halogens is 1. The number of carbonyl (C=O) groups is 3. The van der Waals surface area contributed by atoms with Crippen molar-refractivity contribution >= 4 is 29.6 Å². The predicted molar refractivity (Wildman–Crippen MR) is 96.4 cm³/mol. The normalized spacial score (nSPS) is 45.2. The second kappa shape index (κ2) is 6.31. The number of hydrogen-bond acceptors (Lipinski definition) is 7. The number of methoxy groups -OCH3 is 1. The van der Waals surface area contributed by atoms with Crippen LogP contribution in [0.3, 0.4) is 0 Å². The van der Waals surface area contributed by atoms with Gasteiger partial charge in [-0.3, -0.25) is 9.59 Å². The van der Waals surface area contributed by atoms with Crippen molar-refractivity contribution in [2.24, 2.45) is 16.7 Å². The van der Waals surface area contributed by atoms with Gasteiger partial charge >= 0.3 is 12.1 Å². The molecule has 1 spiro atoms. The number of esters is 1. The molecule has 4 bridgehead atoms. The number of carbonyl (C=O) groups excluding carboxylic acids is 3. The zero-order chi connectivity index (χ0) is 20.5. The number of amides is 2. The van der Waals surface area contributed by atoms with Gasteiger partial charge < -0.3 is 18.9 Å². The molecule has 4 fully saturated rings. The largest absolute Gasteiger partial charge is 0.462 e. The molecule has 4 rings (SSSR count). The molecule has 2 heterocycles. The van der Waals surface area contributed by atoms with E-state index in [1.54, 1.807) is 0 Å². The Morgan fingerprint density at radius 1 is 1.18 bits per heavy atom. The molecule has 9 heteroatoms. The first-order valence-corrected chi connectivity index (χ1v) is 10.0. The molecule has 156 valence electrons. The van der Waals surface area contributed by atoms with E-state index in [2.05, 4.69) is 13.8 Å². The SMILES string of the molecule is CO[C@H]1[C@H]2OC(=O)N1C(=O)[C@@]13CC[C@@H](C[C@@H]1OCCOC(=O)C2(C)Cl)C3(C)C. The lowest BCUT2D eigenvalue weighted by molar-refractivity contribution is -0.172. The van der Waals surface area contributed by atoms with Gasteiger partial charge in [0.25, 0.3) is 0 Å². The highest BCUT2D eigenvalue weighted by atomic mass is 35.5. The van der Waals surface area contributed by atoms with E-state index in [1.165, 1.54) is 14.0 Å². The molecular formula is C19H26ClNO7. The first-order valence-electron chi connectivity index (χ1n) is 9.64. The van der Waals surface area contributed by atoms with Gasteiger partial charge in [-0.15, -0.1) is 11.6 Å². The van der Waals surface area contributed by atoms with Crippen molar-refractivity contribution in [2.75, 3.05) is 20.3 Å². The first-order chi connectivity index (χ1) is 13.1. The van der Waals surface area contributed by atoms with Crippen LogP contribution in [0.5, 0.6) is 0 Å². The third kappa shape index (κ3) is 2.34. The number of imide groups is 1. The fourth-order valence-corrected chi connectivity index (χ4v) is 5.90. The Labute approximate surface area is 168 Å². The molecular weight excluding hydrogens is 390 g/mol. The molecule has 2 aliphatic carbocycles. The van der Waals surface area contributed by atoms with Crippen LogP contribution in [0, 0.1) is 16.7 Å². The van der Waals surface area contributed by atoms with Gasteiger partial charge in [-0.25, -0.2) is 9.69 Å². The van der Waals surface area contributed by atoms with E-state index in [0.717, 1.165) is 17.7 Å². The average Bonchev–Trinajstić information content (AvgIpc) is 3.19. The number of cyclic esters (lactones) is 1. The molecule has 0 aromatic carbocycles. The lowest BCUT2D eigenvalue weighted by Gasteiger charge is -2.43. The summed E-state index contributed by atoms with van der Waals surface area (Å²) < 4.78 is 22.1. The first kappa shape index (κ1) is 19.9. The predicted octanol–water partition coefficient (Wildman–Crippen LogP) is 2.07. The number of ether oxygens (including phenoxy) is 4. The second-order valence-electron chi connectivity index (χ2n) is 8.84. The summed E-state index contributed by atoms with van der Waals surface area (Å²) in [6.07, 6.45) is -1.29. The molecule has 2 saturated carbocycles. The molecule has 4 aliphatic rings. The van der Waals surface area contributed by atoms with Crippen LogP contribution in [0.1, 0.15) is 40.0 Å². The Kier molecular flexibility index (Phi) is 4.49. The van der Waals surface area contributed by atoms with Gasteiger partial charge in [-0.2, -0.15) is 0 Å². The zero-order valence-corrected chi connectivity index (χ0v) is 17.3. The summed E-state index contributed by atoms with van der Waals surface area (Å²) in [5.74, 6) is -0.818. The van der Waals surface area contributed by atoms with Gasteiger partial charge in [0.05, 0.1) is 18.1 Å². The minimum Gasteiger partial charge on any atom is -0.462 e. The topological polar surface area (TPSA) is 91.4 Å².